The van der Waals surface area contributed by atoms with Crippen LogP contribution in [0.2, 0.25) is 5.02 Å². The van der Waals surface area contributed by atoms with Crippen LogP contribution in [0.15, 0.2) is 30.6 Å². The highest BCUT2D eigenvalue weighted by Crippen LogP contribution is 2.19. The van der Waals surface area contributed by atoms with Gasteiger partial charge in [0, 0.05) is 37.6 Å². The lowest BCUT2D eigenvalue weighted by atomic mass is 10.3. The Morgan fingerprint density at radius 3 is 2.96 bits per heavy atom. The highest BCUT2D eigenvalue weighted by atomic mass is 35.5. The van der Waals surface area contributed by atoms with Gasteiger partial charge in [-0.25, -0.2) is 9.37 Å². The first-order valence-corrected chi connectivity index (χ1v) is 7.81. The van der Waals surface area contributed by atoms with Gasteiger partial charge in [0.25, 0.3) is 0 Å². The smallest absolute Gasteiger partial charge is 0.225 e. The molecular weight excluding hydrogens is 319 g/mol. The first-order valence-electron chi connectivity index (χ1n) is 7.43. The van der Waals surface area contributed by atoms with Crippen molar-refractivity contribution in [2.45, 2.75) is 26.4 Å². The second kappa shape index (κ2) is 8.08. The molecule has 0 atom stereocenters. The van der Waals surface area contributed by atoms with E-state index in [9.17, 15) is 9.18 Å². The topological polar surface area (TPSA) is 50.2 Å². The maximum atomic E-state index is 13.1. The van der Waals surface area contributed by atoms with Crippen LogP contribution in [0.5, 0.6) is 0 Å². The highest BCUT2D eigenvalue weighted by Gasteiger charge is 2.09. The SMILES string of the molecule is CCn1ccnc1CN(C)CCC(=O)Nc1ccc(F)c(Cl)c1. The zero-order chi connectivity index (χ0) is 16.8. The molecule has 124 valence electrons. The van der Waals surface area contributed by atoms with Crippen LogP contribution in [-0.2, 0) is 17.9 Å². The van der Waals surface area contributed by atoms with Gasteiger partial charge in [0.1, 0.15) is 11.6 Å². The van der Waals surface area contributed by atoms with Gasteiger partial charge >= 0.3 is 0 Å². The molecule has 2 rings (SSSR count). The second-order valence-electron chi connectivity index (χ2n) is 5.29. The molecule has 0 aliphatic carbocycles. The number of benzene rings is 1. The second-order valence-corrected chi connectivity index (χ2v) is 5.70. The van der Waals surface area contributed by atoms with Crippen LogP contribution >= 0.6 is 11.6 Å². The molecule has 0 radical (unpaired) electrons. The van der Waals surface area contributed by atoms with Gasteiger partial charge in [-0.3, -0.25) is 9.69 Å². The van der Waals surface area contributed by atoms with E-state index in [0.29, 0.717) is 25.2 Å². The first-order chi connectivity index (χ1) is 11.0. The van der Waals surface area contributed by atoms with Crippen molar-refractivity contribution in [1.29, 1.82) is 0 Å². The molecule has 1 aromatic heterocycles. The lowest BCUT2D eigenvalue weighted by molar-refractivity contribution is -0.116. The van der Waals surface area contributed by atoms with Gasteiger partial charge in [-0.1, -0.05) is 11.6 Å². The van der Waals surface area contributed by atoms with E-state index in [2.05, 4.69) is 21.8 Å². The number of halogens is 2. The van der Waals surface area contributed by atoms with E-state index in [4.69, 9.17) is 11.6 Å². The number of hydrogen-bond donors (Lipinski definition) is 1. The number of rotatable bonds is 7. The van der Waals surface area contributed by atoms with E-state index >= 15 is 0 Å². The monoisotopic (exact) mass is 338 g/mol. The Morgan fingerprint density at radius 2 is 2.26 bits per heavy atom. The third-order valence-electron chi connectivity index (χ3n) is 3.48. The molecular formula is C16H20ClFN4O. The fraction of sp³-hybridized carbons (Fsp3) is 0.375. The number of imidazole rings is 1. The van der Waals surface area contributed by atoms with Crippen molar-refractivity contribution >= 4 is 23.2 Å². The lowest BCUT2D eigenvalue weighted by Gasteiger charge is -2.16. The molecule has 2 aromatic rings. The summed E-state index contributed by atoms with van der Waals surface area (Å²) in [5.74, 6) is 0.329. The molecule has 0 saturated carbocycles. The van der Waals surface area contributed by atoms with Crippen molar-refractivity contribution in [2.75, 3.05) is 18.9 Å². The van der Waals surface area contributed by atoms with Crippen molar-refractivity contribution in [2.24, 2.45) is 0 Å². The predicted octanol–water partition coefficient (Wildman–Crippen LogP) is 3.16. The lowest BCUT2D eigenvalue weighted by Crippen LogP contribution is -2.25. The van der Waals surface area contributed by atoms with E-state index in [0.717, 1.165) is 12.4 Å². The third kappa shape index (κ3) is 5.04. The average molecular weight is 339 g/mol. The molecule has 1 N–H and O–H groups in total. The van der Waals surface area contributed by atoms with E-state index in [1.807, 2.05) is 18.1 Å². The normalized spacial score (nSPS) is 11.0. The maximum Gasteiger partial charge on any atom is 0.225 e. The molecule has 0 spiro atoms. The maximum absolute atomic E-state index is 13.1. The van der Waals surface area contributed by atoms with Crippen molar-refractivity contribution in [3.05, 3.63) is 47.3 Å². The van der Waals surface area contributed by atoms with Crippen LogP contribution in [0.1, 0.15) is 19.2 Å². The molecule has 1 heterocycles. The third-order valence-corrected chi connectivity index (χ3v) is 3.77. The van der Waals surface area contributed by atoms with Crippen LogP contribution in [0.25, 0.3) is 0 Å². The van der Waals surface area contributed by atoms with Crippen LogP contribution in [0, 0.1) is 5.82 Å². The minimum Gasteiger partial charge on any atom is -0.334 e. The van der Waals surface area contributed by atoms with E-state index in [1.165, 1.54) is 18.2 Å². The molecule has 0 aliphatic rings. The quantitative estimate of drug-likeness (QED) is 0.843. The van der Waals surface area contributed by atoms with E-state index in [-0.39, 0.29) is 10.9 Å². The fourth-order valence-corrected chi connectivity index (χ4v) is 2.37. The number of hydrogen-bond acceptors (Lipinski definition) is 3. The summed E-state index contributed by atoms with van der Waals surface area (Å²) in [4.78, 5) is 18.3. The minimum absolute atomic E-state index is 0.00804. The molecule has 23 heavy (non-hydrogen) atoms. The van der Waals surface area contributed by atoms with Crippen LogP contribution in [-0.4, -0.2) is 34.0 Å². The summed E-state index contributed by atoms with van der Waals surface area (Å²) in [6, 6.07) is 4.12. The standard InChI is InChI=1S/C16H20ClFN4O/c1-3-22-9-7-19-15(22)11-21(2)8-6-16(23)20-12-4-5-14(18)13(17)10-12/h4-5,7,9-10H,3,6,8,11H2,1-2H3,(H,20,23). The molecule has 0 fully saturated rings. The van der Waals surface area contributed by atoms with Crippen LogP contribution in [0.3, 0.4) is 0 Å². The zero-order valence-electron chi connectivity index (χ0n) is 13.2. The van der Waals surface area contributed by atoms with Crippen LogP contribution in [0.4, 0.5) is 10.1 Å². The zero-order valence-corrected chi connectivity index (χ0v) is 14.0. The molecule has 0 aliphatic heterocycles. The number of carbonyl (C=O) groups is 1. The summed E-state index contributed by atoms with van der Waals surface area (Å²) < 4.78 is 15.1. The minimum atomic E-state index is -0.504. The van der Waals surface area contributed by atoms with Gasteiger partial charge in [0.05, 0.1) is 11.6 Å². The number of aromatic nitrogens is 2. The van der Waals surface area contributed by atoms with E-state index in [1.54, 1.807) is 6.20 Å². The summed E-state index contributed by atoms with van der Waals surface area (Å²) in [7, 11) is 1.94. The summed E-state index contributed by atoms with van der Waals surface area (Å²) in [5, 5.41) is 2.70. The Labute approximate surface area is 140 Å². The Hall–Kier alpha value is -1.92. The summed E-state index contributed by atoms with van der Waals surface area (Å²) in [5.41, 5.74) is 0.491. The largest absolute Gasteiger partial charge is 0.334 e. The molecule has 0 saturated heterocycles. The van der Waals surface area contributed by atoms with Crippen molar-refractivity contribution in [3.8, 4) is 0 Å². The number of carbonyl (C=O) groups excluding carboxylic acids is 1. The Balaban J connectivity index is 1.80. The fourth-order valence-electron chi connectivity index (χ4n) is 2.19. The molecule has 0 unspecified atom stereocenters. The summed E-state index contributed by atoms with van der Waals surface area (Å²) in [6.07, 6.45) is 4.05. The van der Waals surface area contributed by atoms with Crippen LogP contribution < -0.4 is 5.32 Å². The number of nitrogens with one attached hydrogen (secondary N) is 1. The summed E-state index contributed by atoms with van der Waals surface area (Å²) in [6.45, 7) is 4.20. The van der Waals surface area contributed by atoms with Gasteiger partial charge < -0.3 is 9.88 Å². The van der Waals surface area contributed by atoms with Crippen molar-refractivity contribution in [3.63, 3.8) is 0 Å². The average Bonchev–Trinajstić information content (AvgIpc) is 2.96. The number of nitrogens with zero attached hydrogens (tertiary/aromatic N) is 3. The van der Waals surface area contributed by atoms with E-state index < -0.39 is 5.82 Å². The van der Waals surface area contributed by atoms with Gasteiger partial charge in [-0.2, -0.15) is 0 Å². The molecule has 1 amide bonds. The number of anilines is 1. The number of amides is 1. The molecule has 0 bridgehead atoms. The molecule has 5 nitrogen and oxygen atoms in total. The number of aryl methyl sites for hydroxylation is 1. The Kier molecular flexibility index (Phi) is 6.12. The summed E-state index contributed by atoms with van der Waals surface area (Å²) >= 11 is 5.69. The van der Waals surface area contributed by atoms with Gasteiger partial charge in [0.2, 0.25) is 5.91 Å². The highest BCUT2D eigenvalue weighted by molar-refractivity contribution is 6.31. The van der Waals surface area contributed by atoms with Gasteiger partial charge in [0.15, 0.2) is 0 Å². The Morgan fingerprint density at radius 1 is 1.48 bits per heavy atom. The molecule has 1 aromatic carbocycles. The van der Waals surface area contributed by atoms with Crippen molar-refractivity contribution in [1.82, 2.24) is 14.5 Å². The van der Waals surface area contributed by atoms with Crippen molar-refractivity contribution < 1.29 is 9.18 Å². The first kappa shape index (κ1) is 17.4. The Bertz CT molecular complexity index is 674. The molecule has 7 heteroatoms. The van der Waals surface area contributed by atoms with Gasteiger partial charge in [-0.15, -0.1) is 0 Å². The predicted molar refractivity (Wildman–Crippen MR) is 88.9 cm³/mol. The van der Waals surface area contributed by atoms with Gasteiger partial charge in [-0.05, 0) is 32.2 Å².